The number of benzene rings is 2. The van der Waals surface area contributed by atoms with Gasteiger partial charge >= 0.3 is 0 Å². The Balaban J connectivity index is 2.18. The summed E-state index contributed by atoms with van der Waals surface area (Å²) in [4.78, 5) is 14.0. The highest BCUT2D eigenvalue weighted by atomic mass is 35.5. The standard InChI is InChI=1S/C17H18ClNO2/c1-12(14-10-6-7-11-15(14)20)19(2)17(21)16(18)13-8-4-3-5-9-13/h3-12,16,20H,1-2H3. The van der Waals surface area contributed by atoms with Crippen molar-refractivity contribution in [1.29, 1.82) is 0 Å². The first kappa shape index (κ1) is 15.4. The molecular weight excluding hydrogens is 286 g/mol. The number of aromatic hydroxyl groups is 1. The van der Waals surface area contributed by atoms with E-state index >= 15 is 0 Å². The molecule has 4 heteroatoms. The molecule has 1 amide bonds. The monoisotopic (exact) mass is 303 g/mol. The molecule has 21 heavy (non-hydrogen) atoms. The van der Waals surface area contributed by atoms with Crippen molar-refractivity contribution in [2.75, 3.05) is 7.05 Å². The molecule has 0 aliphatic carbocycles. The van der Waals surface area contributed by atoms with E-state index in [1.54, 1.807) is 30.1 Å². The van der Waals surface area contributed by atoms with E-state index in [0.717, 1.165) is 5.56 Å². The van der Waals surface area contributed by atoms with Gasteiger partial charge in [-0.25, -0.2) is 0 Å². The summed E-state index contributed by atoms with van der Waals surface area (Å²) in [6.07, 6.45) is 0. The van der Waals surface area contributed by atoms with Gasteiger partial charge < -0.3 is 10.0 Å². The molecule has 0 spiro atoms. The molecule has 0 aliphatic rings. The number of carbonyl (C=O) groups is 1. The van der Waals surface area contributed by atoms with Crippen LogP contribution in [0.3, 0.4) is 0 Å². The maximum atomic E-state index is 12.5. The molecular formula is C17H18ClNO2. The Morgan fingerprint density at radius 2 is 1.67 bits per heavy atom. The molecule has 0 aromatic heterocycles. The molecule has 1 N–H and O–H groups in total. The van der Waals surface area contributed by atoms with Gasteiger partial charge in [-0.1, -0.05) is 48.5 Å². The highest BCUT2D eigenvalue weighted by Crippen LogP contribution is 2.30. The quantitative estimate of drug-likeness (QED) is 0.871. The molecule has 0 saturated carbocycles. The van der Waals surface area contributed by atoms with Crippen LogP contribution in [0.1, 0.15) is 29.5 Å². The smallest absolute Gasteiger partial charge is 0.245 e. The zero-order valence-electron chi connectivity index (χ0n) is 12.0. The molecule has 0 bridgehead atoms. The second-order valence-corrected chi connectivity index (χ2v) is 5.39. The zero-order valence-corrected chi connectivity index (χ0v) is 12.8. The summed E-state index contributed by atoms with van der Waals surface area (Å²) in [7, 11) is 1.69. The van der Waals surface area contributed by atoms with Crippen LogP contribution in [0.15, 0.2) is 54.6 Å². The first-order valence-corrected chi connectivity index (χ1v) is 7.19. The van der Waals surface area contributed by atoms with E-state index < -0.39 is 5.38 Å². The van der Waals surface area contributed by atoms with Crippen LogP contribution in [-0.2, 0) is 4.79 Å². The summed E-state index contributed by atoms with van der Waals surface area (Å²) in [5.74, 6) is -0.0193. The second-order valence-electron chi connectivity index (χ2n) is 4.96. The fourth-order valence-electron chi connectivity index (χ4n) is 2.18. The molecule has 110 valence electrons. The van der Waals surface area contributed by atoms with Crippen LogP contribution >= 0.6 is 11.6 Å². The number of hydrogen-bond donors (Lipinski definition) is 1. The molecule has 0 aliphatic heterocycles. The van der Waals surface area contributed by atoms with Crippen LogP contribution < -0.4 is 0 Å². The summed E-state index contributed by atoms with van der Waals surface area (Å²) in [5.41, 5.74) is 1.46. The first-order valence-electron chi connectivity index (χ1n) is 6.76. The fourth-order valence-corrected chi connectivity index (χ4v) is 2.48. The summed E-state index contributed by atoms with van der Waals surface area (Å²) < 4.78 is 0. The number of carbonyl (C=O) groups excluding carboxylic acids is 1. The van der Waals surface area contributed by atoms with Crippen LogP contribution in [0.2, 0.25) is 0 Å². The normalized spacial score (nSPS) is 13.5. The van der Waals surface area contributed by atoms with Gasteiger partial charge in [-0.05, 0) is 18.6 Å². The van der Waals surface area contributed by atoms with Gasteiger partial charge in [-0.15, -0.1) is 11.6 Å². The van der Waals surface area contributed by atoms with Crippen molar-refractivity contribution < 1.29 is 9.90 Å². The minimum atomic E-state index is -0.732. The van der Waals surface area contributed by atoms with Crippen molar-refractivity contribution >= 4 is 17.5 Å². The van der Waals surface area contributed by atoms with Gasteiger partial charge in [0.2, 0.25) is 5.91 Å². The molecule has 0 fully saturated rings. The number of hydrogen-bond acceptors (Lipinski definition) is 2. The van der Waals surface area contributed by atoms with Crippen molar-refractivity contribution in [2.45, 2.75) is 18.3 Å². The third kappa shape index (κ3) is 3.37. The first-order chi connectivity index (χ1) is 10.0. The van der Waals surface area contributed by atoms with Gasteiger partial charge in [-0.2, -0.15) is 0 Å². The minimum Gasteiger partial charge on any atom is -0.508 e. The van der Waals surface area contributed by atoms with Gasteiger partial charge in [0, 0.05) is 12.6 Å². The third-order valence-electron chi connectivity index (χ3n) is 3.62. The zero-order chi connectivity index (χ0) is 15.4. The number of amides is 1. The van der Waals surface area contributed by atoms with Gasteiger partial charge in [-0.3, -0.25) is 4.79 Å². The lowest BCUT2D eigenvalue weighted by molar-refractivity contribution is -0.131. The Morgan fingerprint density at radius 1 is 1.10 bits per heavy atom. The number of rotatable bonds is 4. The highest BCUT2D eigenvalue weighted by Gasteiger charge is 2.26. The van der Waals surface area contributed by atoms with Crippen molar-refractivity contribution in [1.82, 2.24) is 4.90 Å². The van der Waals surface area contributed by atoms with Gasteiger partial charge in [0.1, 0.15) is 11.1 Å². The van der Waals surface area contributed by atoms with Crippen LogP contribution in [0, 0.1) is 0 Å². The number of likely N-dealkylation sites (N-methyl/N-ethyl adjacent to an activating group) is 1. The SMILES string of the molecule is CC(c1ccccc1O)N(C)C(=O)C(Cl)c1ccccc1. The maximum absolute atomic E-state index is 12.5. The summed E-state index contributed by atoms with van der Waals surface area (Å²) in [6.45, 7) is 1.86. The van der Waals surface area contributed by atoms with E-state index in [2.05, 4.69) is 0 Å². The average molecular weight is 304 g/mol. The number of para-hydroxylation sites is 1. The summed E-state index contributed by atoms with van der Waals surface area (Å²) in [6, 6.07) is 16.0. The van der Waals surface area contributed by atoms with Crippen molar-refractivity contribution in [3.63, 3.8) is 0 Å². The summed E-state index contributed by atoms with van der Waals surface area (Å²) >= 11 is 6.27. The molecule has 2 aromatic rings. The Kier molecular flexibility index (Phi) is 4.86. The van der Waals surface area contributed by atoms with E-state index in [0.29, 0.717) is 5.56 Å². The molecule has 2 atom stereocenters. The number of phenols is 1. The predicted octanol–water partition coefficient (Wildman–Crippen LogP) is 3.89. The van der Waals surface area contributed by atoms with Gasteiger partial charge in [0.15, 0.2) is 0 Å². The molecule has 0 saturated heterocycles. The van der Waals surface area contributed by atoms with Crippen molar-refractivity contribution in [3.05, 3.63) is 65.7 Å². The van der Waals surface area contributed by atoms with Crippen LogP contribution in [0.5, 0.6) is 5.75 Å². The van der Waals surface area contributed by atoms with E-state index in [-0.39, 0.29) is 17.7 Å². The van der Waals surface area contributed by atoms with Crippen molar-refractivity contribution in [3.8, 4) is 5.75 Å². The third-order valence-corrected chi connectivity index (χ3v) is 4.06. The topological polar surface area (TPSA) is 40.5 Å². The molecule has 2 rings (SSSR count). The predicted molar refractivity (Wildman–Crippen MR) is 84.3 cm³/mol. The van der Waals surface area contributed by atoms with Gasteiger partial charge in [0.25, 0.3) is 0 Å². The van der Waals surface area contributed by atoms with Crippen LogP contribution in [-0.4, -0.2) is 23.0 Å². The largest absolute Gasteiger partial charge is 0.508 e. The Hall–Kier alpha value is -2.00. The van der Waals surface area contributed by atoms with Crippen LogP contribution in [0.4, 0.5) is 0 Å². The van der Waals surface area contributed by atoms with E-state index in [9.17, 15) is 9.90 Å². The minimum absolute atomic E-state index is 0.176. The van der Waals surface area contributed by atoms with E-state index in [1.165, 1.54) is 0 Å². The molecule has 3 nitrogen and oxygen atoms in total. The highest BCUT2D eigenvalue weighted by molar-refractivity contribution is 6.30. The Labute approximate surface area is 129 Å². The van der Waals surface area contributed by atoms with Crippen molar-refractivity contribution in [2.24, 2.45) is 0 Å². The Bertz CT molecular complexity index is 615. The maximum Gasteiger partial charge on any atom is 0.245 e. The van der Waals surface area contributed by atoms with Gasteiger partial charge in [0.05, 0.1) is 6.04 Å². The molecule has 2 aromatic carbocycles. The molecule has 0 heterocycles. The lowest BCUT2D eigenvalue weighted by atomic mass is 10.0. The number of alkyl halides is 1. The van der Waals surface area contributed by atoms with Crippen LogP contribution in [0.25, 0.3) is 0 Å². The van der Waals surface area contributed by atoms with E-state index in [1.807, 2.05) is 43.3 Å². The molecule has 0 radical (unpaired) electrons. The number of phenolic OH excluding ortho intramolecular Hbond substituents is 1. The lowest BCUT2D eigenvalue weighted by Gasteiger charge is -2.27. The summed E-state index contributed by atoms with van der Waals surface area (Å²) in [5, 5.41) is 9.16. The number of halogens is 1. The Morgan fingerprint density at radius 3 is 2.29 bits per heavy atom. The number of nitrogens with zero attached hydrogens (tertiary/aromatic N) is 1. The second kappa shape index (κ2) is 6.64. The fraction of sp³-hybridized carbons (Fsp3) is 0.235. The average Bonchev–Trinajstić information content (AvgIpc) is 2.53. The lowest BCUT2D eigenvalue weighted by Crippen LogP contribution is -2.32. The van der Waals surface area contributed by atoms with E-state index in [4.69, 9.17) is 11.6 Å². The molecule has 2 unspecified atom stereocenters.